The molecule has 2 fully saturated rings. The zero-order valence-corrected chi connectivity index (χ0v) is 16.6. The van der Waals surface area contributed by atoms with Crippen LogP contribution < -0.4 is 5.32 Å². The molecule has 1 aliphatic heterocycles. The molecular weight excluding hydrogens is 362 g/mol. The van der Waals surface area contributed by atoms with Crippen molar-refractivity contribution in [1.29, 1.82) is 0 Å². The molecule has 1 N–H and O–H groups in total. The number of carbonyl (C=O) groups excluding carboxylic acids is 1. The van der Waals surface area contributed by atoms with Crippen LogP contribution in [0.5, 0.6) is 0 Å². The number of nitrogens with zero attached hydrogens (tertiary/aromatic N) is 4. The number of carbonyl (C=O) groups is 1. The fourth-order valence-electron chi connectivity index (χ4n) is 4.69. The maximum atomic E-state index is 12.7. The summed E-state index contributed by atoms with van der Waals surface area (Å²) < 4.78 is 2.01. The lowest BCUT2D eigenvalue weighted by Gasteiger charge is -2.16. The van der Waals surface area contributed by atoms with Crippen LogP contribution >= 0.6 is 0 Å². The highest BCUT2D eigenvalue weighted by molar-refractivity contribution is 5.94. The van der Waals surface area contributed by atoms with Crippen LogP contribution in [0, 0.1) is 0 Å². The van der Waals surface area contributed by atoms with Crippen molar-refractivity contribution in [3.05, 3.63) is 65.6 Å². The summed E-state index contributed by atoms with van der Waals surface area (Å²) in [4.78, 5) is 15.2. The monoisotopic (exact) mass is 389 g/mol. The van der Waals surface area contributed by atoms with Crippen molar-refractivity contribution in [1.82, 2.24) is 24.8 Å². The topological polar surface area (TPSA) is 62.5 Å². The molecule has 1 aromatic carbocycles. The van der Waals surface area contributed by atoms with E-state index in [0.717, 1.165) is 50.4 Å². The van der Waals surface area contributed by atoms with Crippen LogP contribution in [0.3, 0.4) is 0 Å². The first kappa shape index (κ1) is 18.3. The maximum absolute atomic E-state index is 12.7. The lowest BCUT2D eigenvalue weighted by Crippen LogP contribution is -2.32. The Morgan fingerprint density at radius 2 is 1.86 bits per heavy atom. The number of pyridine rings is 1. The highest BCUT2D eigenvalue weighted by Crippen LogP contribution is 2.27. The van der Waals surface area contributed by atoms with Crippen molar-refractivity contribution >= 4 is 11.6 Å². The Kier molecular flexibility index (Phi) is 5.02. The summed E-state index contributed by atoms with van der Waals surface area (Å²) in [6, 6.07) is 14.7. The molecule has 5 rings (SSSR count). The Labute approximate surface area is 170 Å². The van der Waals surface area contributed by atoms with E-state index in [2.05, 4.69) is 50.7 Å². The molecule has 150 valence electrons. The number of hydrogen-bond acceptors (Lipinski definition) is 4. The minimum Gasteiger partial charge on any atom is -0.349 e. The third kappa shape index (κ3) is 3.90. The van der Waals surface area contributed by atoms with E-state index in [-0.39, 0.29) is 5.91 Å². The van der Waals surface area contributed by atoms with Crippen molar-refractivity contribution in [2.45, 2.75) is 50.6 Å². The number of amides is 1. The third-order valence-corrected chi connectivity index (χ3v) is 6.27. The van der Waals surface area contributed by atoms with E-state index >= 15 is 0 Å². The first-order valence-corrected chi connectivity index (χ1v) is 10.7. The van der Waals surface area contributed by atoms with Crippen LogP contribution in [0.2, 0.25) is 0 Å². The molecule has 1 amide bonds. The predicted octanol–water partition coefficient (Wildman–Crippen LogP) is 3.39. The fourth-order valence-corrected chi connectivity index (χ4v) is 4.69. The lowest BCUT2D eigenvalue weighted by atomic mass is 10.1. The van der Waals surface area contributed by atoms with E-state index in [0.29, 0.717) is 17.5 Å². The number of hydrogen-bond donors (Lipinski definition) is 1. The van der Waals surface area contributed by atoms with Crippen LogP contribution in [0.25, 0.3) is 5.65 Å². The zero-order chi connectivity index (χ0) is 19.6. The molecular formula is C23H27N5O. The second-order valence-corrected chi connectivity index (χ2v) is 8.37. The second-order valence-electron chi connectivity index (χ2n) is 8.37. The van der Waals surface area contributed by atoms with Gasteiger partial charge in [-0.2, -0.15) is 0 Å². The van der Waals surface area contributed by atoms with Gasteiger partial charge in [0.1, 0.15) is 5.82 Å². The molecule has 2 aliphatic rings. The zero-order valence-electron chi connectivity index (χ0n) is 16.6. The molecule has 1 atom stereocenters. The molecule has 0 unspecified atom stereocenters. The van der Waals surface area contributed by atoms with Crippen molar-refractivity contribution in [3.63, 3.8) is 0 Å². The summed E-state index contributed by atoms with van der Waals surface area (Å²) >= 11 is 0. The Morgan fingerprint density at radius 3 is 2.69 bits per heavy atom. The number of benzene rings is 1. The van der Waals surface area contributed by atoms with Gasteiger partial charge in [0.2, 0.25) is 0 Å². The van der Waals surface area contributed by atoms with Gasteiger partial charge in [0.25, 0.3) is 5.91 Å². The molecule has 6 nitrogen and oxygen atoms in total. The number of likely N-dealkylation sites (tertiary alicyclic amines) is 1. The smallest absolute Gasteiger partial charge is 0.252 e. The molecule has 1 aliphatic carbocycles. The summed E-state index contributed by atoms with van der Waals surface area (Å²) in [6.07, 6.45) is 7.57. The quantitative estimate of drug-likeness (QED) is 0.727. The first-order chi connectivity index (χ1) is 14.3. The average Bonchev–Trinajstić information content (AvgIpc) is 3.49. The maximum Gasteiger partial charge on any atom is 0.252 e. The van der Waals surface area contributed by atoms with Crippen LogP contribution in [0.4, 0.5) is 0 Å². The van der Waals surface area contributed by atoms with E-state index in [1.165, 1.54) is 18.4 Å². The minimum atomic E-state index is 0.00979. The lowest BCUT2D eigenvalue weighted by molar-refractivity contribution is 0.0937. The van der Waals surface area contributed by atoms with Gasteiger partial charge in [0.15, 0.2) is 5.65 Å². The molecule has 3 heterocycles. The second kappa shape index (κ2) is 7.95. The molecule has 6 heteroatoms. The normalized spacial score (nSPS) is 20.5. The van der Waals surface area contributed by atoms with Gasteiger partial charge in [-0.05, 0) is 43.5 Å². The molecule has 0 radical (unpaired) electrons. The number of aromatic nitrogens is 3. The van der Waals surface area contributed by atoms with Crippen molar-refractivity contribution < 1.29 is 4.79 Å². The van der Waals surface area contributed by atoms with Gasteiger partial charge in [-0.25, -0.2) is 0 Å². The highest BCUT2D eigenvalue weighted by atomic mass is 16.1. The van der Waals surface area contributed by atoms with Gasteiger partial charge < -0.3 is 5.32 Å². The molecule has 3 aromatic rings. The SMILES string of the molecule is O=C(NC1CCCC1)c1ccc2nnc([C@H]3CCN(Cc4ccccc4)C3)n2c1. The van der Waals surface area contributed by atoms with Crippen molar-refractivity contribution in [3.8, 4) is 0 Å². The Hall–Kier alpha value is -2.73. The highest BCUT2D eigenvalue weighted by Gasteiger charge is 2.28. The van der Waals surface area contributed by atoms with Gasteiger partial charge in [-0.3, -0.25) is 14.1 Å². The fraction of sp³-hybridized carbons (Fsp3) is 0.435. The molecule has 0 spiro atoms. The molecule has 29 heavy (non-hydrogen) atoms. The van der Waals surface area contributed by atoms with E-state index in [4.69, 9.17) is 0 Å². The summed E-state index contributed by atoms with van der Waals surface area (Å²) in [5, 5.41) is 12.0. The number of rotatable bonds is 5. The Bertz CT molecular complexity index is 993. The van der Waals surface area contributed by atoms with Crippen molar-refractivity contribution in [2.24, 2.45) is 0 Å². The third-order valence-electron chi connectivity index (χ3n) is 6.27. The largest absolute Gasteiger partial charge is 0.349 e. The first-order valence-electron chi connectivity index (χ1n) is 10.7. The van der Waals surface area contributed by atoms with E-state index < -0.39 is 0 Å². The standard InChI is InChI=1S/C23H27N5O/c29-23(24-20-8-4-5-9-20)19-10-11-21-25-26-22(28(21)16-19)18-12-13-27(15-18)14-17-6-2-1-3-7-17/h1-3,6-7,10-11,16,18,20H,4-5,8-9,12-15H2,(H,24,29)/t18-/m0/s1. The molecule has 2 aromatic heterocycles. The van der Waals surface area contributed by atoms with Crippen molar-refractivity contribution in [2.75, 3.05) is 13.1 Å². The van der Waals surface area contributed by atoms with Crippen LogP contribution in [0.1, 0.15) is 59.8 Å². The van der Waals surface area contributed by atoms with E-state index in [9.17, 15) is 4.79 Å². The van der Waals surface area contributed by atoms with Gasteiger partial charge in [-0.15, -0.1) is 10.2 Å². The van der Waals surface area contributed by atoms with Crippen LogP contribution in [-0.2, 0) is 6.54 Å². The Morgan fingerprint density at radius 1 is 1.03 bits per heavy atom. The summed E-state index contributed by atoms with van der Waals surface area (Å²) in [5.74, 6) is 1.31. The minimum absolute atomic E-state index is 0.00979. The van der Waals surface area contributed by atoms with Gasteiger partial charge in [-0.1, -0.05) is 43.2 Å². The van der Waals surface area contributed by atoms with Gasteiger partial charge in [0.05, 0.1) is 5.56 Å². The van der Waals surface area contributed by atoms with E-state index in [1.54, 1.807) is 0 Å². The molecule has 1 saturated carbocycles. The van der Waals surface area contributed by atoms with Crippen LogP contribution in [0.15, 0.2) is 48.7 Å². The van der Waals surface area contributed by atoms with Gasteiger partial charge >= 0.3 is 0 Å². The predicted molar refractivity (Wildman–Crippen MR) is 112 cm³/mol. The van der Waals surface area contributed by atoms with E-state index in [1.807, 2.05) is 22.7 Å². The average molecular weight is 390 g/mol. The molecule has 1 saturated heterocycles. The summed E-state index contributed by atoms with van der Waals surface area (Å²) in [5.41, 5.74) is 2.83. The molecule has 0 bridgehead atoms. The summed E-state index contributed by atoms with van der Waals surface area (Å²) in [7, 11) is 0. The van der Waals surface area contributed by atoms with Gasteiger partial charge in [0, 0.05) is 31.2 Å². The number of nitrogens with one attached hydrogen (secondary N) is 1. The Balaban J connectivity index is 1.32. The number of fused-ring (bicyclic) bond motifs is 1. The van der Waals surface area contributed by atoms with Crippen LogP contribution in [-0.4, -0.2) is 44.5 Å². The summed E-state index contributed by atoms with van der Waals surface area (Å²) in [6.45, 7) is 2.98.